The molecule has 1 aromatic rings. The molecule has 3 rings (SSSR count). The summed E-state index contributed by atoms with van der Waals surface area (Å²) in [5.41, 5.74) is 1.41. The predicted octanol–water partition coefficient (Wildman–Crippen LogP) is 2.73. The Morgan fingerprint density at radius 3 is 1.90 bits per heavy atom. The molecule has 2 N–H and O–H groups in total. The number of nitriles is 2. The van der Waals surface area contributed by atoms with Gasteiger partial charge in [-0.3, -0.25) is 14.3 Å². The zero-order valence-corrected chi connectivity index (χ0v) is 18.6. The molecule has 1 aromatic heterocycles. The van der Waals surface area contributed by atoms with E-state index in [1.807, 2.05) is 18.5 Å². The van der Waals surface area contributed by atoms with Crippen molar-refractivity contribution in [3.05, 3.63) is 17.0 Å². The highest BCUT2D eigenvalue weighted by atomic mass is 16.2. The van der Waals surface area contributed by atoms with E-state index < -0.39 is 11.1 Å². The monoisotopic (exact) mass is 424 g/mol. The van der Waals surface area contributed by atoms with Gasteiger partial charge in [0.05, 0.1) is 17.8 Å². The van der Waals surface area contributed by atoms with Gasteiger partial charge < -0.3 is 10.6 Å². The van der Waals surface area contributed by atoms with Crippen LogP contribution in [0, 0.1) is 36.5 Å². The summed E-state index contributed by atoms with van der Waals surface area (Å²) in [6, 6.07) is 4.57. The number of hydrogen-bond donors (Lipinski definition) is 2. The first-order valence-electron chi connectivity index (χ1n) is 11.3. The van der Waals surface area contributed by atoms with E-state index in [4.69, 9.17) is 0 Å². The minimum atomic E-state index is -0.704. The standard InChI is InChI=1S/C23H32N6O2/c1-17-19(7-8-20(30)26-22(15-24)10-3-4-11-22)18(2)29(28-17)14-9-21(31)27-23(16-25)12-5-6-13-23/h3-14H2,1-2H3,(H,26,30)(H,27,31). The number of rotatable bonds is 8. The van der Waals surface area contributed by atoms with Gasteiger partial charge in [-0.05, 0) is 77.2 Å². The van der Waals surface area contributed by atoms with Gasteiger partial charge >= 0.3 is 0 Å². The van der Waals surface area contributed by atoms with E-state index >= 15 is 0 Å². The van der Waals surface area contributed by atoms with Crippen LogP contribution in [0.25, 0.3) is 0 Å². The second-order valence-electron chi connectivity index (χ2n) is 9.02. The van der Waals surface area contributed by atoms with Crippen molar-refractivity contribution in [3.8, 4) is 12.1 Å². The summed E-state index contributed by atoms with van der Waals surface area (Å²) in [7, 11) is 0. The van der Waals surface area contributed by atoms with Crippen molar-refractivity contribution >= 4 is 11.8 Å². The Hall–Kier alpha value is -2.87. The van der Waals surface area contributed by atoms with Crippen LogP contribution in [-0.2, 0) is 22.6 Å². The topological polar surface area (TPSA) is 124 Å². The van der Waals surface area contributed by atoms with Crippen LogP contribution in [0.4, 0.5) is 0 Å². The Bertz CT molecular complexity index is 908. The van der Waals surface area contributed by atoms with Crippen molar-refractivity contribution in [2.24, 2.45) is 0 Å². The molecular weight excluding hydrogens is 392 g/mol. The van der Waals surface area contributed by atoms with Crippen molar-refractivity contribution in [2.75, 3.05) is 0 Å². The highest BCUT2D eigenvalue weighted by Crippen LogP contribution is 2.30. The lowest BCUT2D eigenvalue weighted by atomic mass is 9.99. The molecule has 2 aliphatic carbocycles. The van der Waals surface area contributed by atoms with Crippen LogP contribution in [0.2, 0.25) is 0 Å². The molecule has 2 amide bonds. The summed E-state index contributed by atoms with van der Waals surface area (Å²) >= 11 is 0. The van der Waals surface area contributed by atoms with Gasteiger partial charge in [-0.25, -0.2) is 0 Å². The number of carbonyl (C=O) groups is 2. The summed E-state index contributed by atoms with van der Waals surface area (Å²) in [4.78, 5) is 24.8. The highest BCUT2D eigenvalue weighted by molar-refractivity contribution is 5.78. The maximum atomic E-state index is 12.4. The molecule has 0 unspecified atom stereocenters. The number of hydrogen-bond acceptors (Lipinski definition) is 5. The Labute approximate surface area is 184 Å². The van der Waals surface area contributed by atoms with Crippen molar-refractivity contribution in [2.45, 2.75) is 102 Å². The lowest BCUT2D eigenvalue weighted by Gasteiger charge is -2.22. The van der Waals surface area contributed by atoms with Crippen LogP contribution in [0.1, 0.15) is 81.2 Å². The number of nitrogens with one attached hydrogen (secondary N) is 2. The average Bonchev–Trinajstić information content (AvgIpc) is 3.46. The molecule has 0 aromatic carbocycles. The third-order valence-corrected chi connectivity index (χ3v) is 6.78. The zero-order chi connectivity index (χ0) is 22.5. The fraction of sp³-hybridized carbons (Fsp3) is 0.696. The fourth-order valence-electron chi connectivity index (χ4n) is 4.90. The van der Waals surface area contributed by atoms with E-state index in [-0.39, 0.29) is 18.2 Å². The molecular formula is C23H32N6O2. The molecule has 8 nitrogen and oxygen atoms in total. The van der Waals surface area contributed by atoms with Crippen LogP contribution < -0.4 is 10.6 Å². The summed E-state index contributed by atoms with van der Waals surface area (Å²) in [6.45, 7) is 4.30. The number of carbonyl (C=O) groups excluding carboxylic acids is 2. The Kier molecular flexibility index (Phi) is 7.00. The molecule has 0 spiro atoms. The Balaban J connectivity index is 1.53. The number of aryl methyl sites for hydroxylation is 2. The van der Waals surface area contributed by atoms with Gasteiger partial charge in [-0.2, -0.15) is 15.6 Å². The molecule has 31 heavy (non-hydrogen) atoms. The van der Waals surface area contributed by atoms with Crippen LogP contribution >= 0.6 is 0 Å². The number of nitrogens with zero attached hydrogens (tertiary/aromatic N) is 4. The summed E-state index contributed by atoms with van der Waals surface area (Å²) in [5.74, 6) is -0.233. The molecule has 1 heterocycles. The predicted molar refractivity (Wildman–Crippen MR) is 115 cm³/mol. The van der Waals surface area contributed by atoms with E-state index in [0.717, 1.165) is 55.5 Å². The number of aromatic nitrogens is 2. The SMILES string of the molecule is Cc1nn(CCC(=O)NC2(C#N)CCCC2)c(C)c1CCC(=O)NC1(C#N)CCCC1. The van der Waals surface area contributed by atoms with Crippen LogP contribution in [-0.4, -0.2) is 32.7 Å². The van der Waals surface area contributed by atoms with Crippen LogP contribution in [0.3, 0.4) is 0 Å². The van der Waals surface area contributed by atoms with E-state index in [9.17, 15) is 20.1 Å². The Morgan fingerprint density at radius 1 is 0.935 bits per heavy atom. The molecule has 0 saturated heterocycles. The van der Waals surface area contributed by atoms with Crippen molar-refractivity contribution in [1.82, 2.24) is 20.4 Å². The molecule has 2 fully saturated rings. The summed E-state index contributed by atoms with van der Waals surface area (Å²) in [6.07, 6.45) is 7.88. The number of amides is 2. The minimum absolute atomic E-state index is 0.104. The van der Waals surface area contributed by atoms with E-state index in [1.165, 1.54) is 0 Å². The molecule has 166 valence electrons. The summed E-state index contributed by atoms with van der Waals surface area (Å²) in [5, 5.41) is 29.3. The molecule has 0 atom stereocenters. The van der Waals surface area contributed by atoms with E-state index in [1.54, 1.807) is 0 Å². The van der Waals surface area contributed by atoms with Gasteiger partial charge in [0.15, 0.2) is 0 Å². The maximum Gasteiger partial charge on any atom is 0.223 e. The van der Waals surface area contributed by atoms with Gasteiger partial charge in [0, 0.05) is 25.1 Å². The van der Waals surface area contributed by atoms with Crippen LogP contribution in [0.15, 0.2) is 0 Å². The second kappa shape index (κ2) is 9.51. The minimum Gasteiger partial charge on any atom is -0.338 e. The fourth-order valence-corrected chi connectivity index (χ4v) is 4.90. The van der Waals surface area contributed by atoms with Gasteiger partial charge in [-0.1, -0.05) is 0 Å². The smallest absolute Gasteiger partial charge is 0.223 e. The molecule has 2 aliphatic rings. The van der Waals surface area contributed by atoms with E-state index in [2.05, 4.69) is 27.9 Å². The third kappa shape index (κ3) is 5.25. The highest BCUT2D eigenvalue weighted by Gasteiger charge is 2.36. The van der Waals surface area contributed by atoms with Crippen molar-refractivity contribution in [1.29, 1.82) is 10.5 Å². The van der Waals surface area contributed by atoms with E-state index in [0.29, 0.717) is 32.2 Å². The average molecular weight is 425 g/mol. The summed E-state index contributed by atoms with van der Waals surface area (Å²) < 4.78 is 1.81. The molecule has 0 bridgehead atoms. The van der Waals surface area contributed by atoms with Crippen molar-refractivity contribution < 1.29 is 9.59 Å². The third-order valence-electron chi connectivity index (χ3n) is 6.78. The first kappa shape index (κ1) is 22.8. The van der Waals surface area contributed by atoms with Crippen LogP contribution in [0.5, 0.6) is 0 Å². The molecule has 0 radical (unpaired) electrons. The quantitative estimate of drug-likeness (QED) is 0.664. The Morgan fingerprint density at radius 2 is 1.42 bits per heavy atom. The first-order valence-corrected chi connectivity index (χ1v) is 11.3. The lowest BCUT2D eigenvalue weighted by Crippen LogP contribution is -2.45. The molecule has 8 heteroatoms. The lowest BCUT2D eigenvalue weighted by molar-refractivity contribution is -0.123. The van der Waals surface area contributed by atoms with Gasteiger partial charge in [0.1, 0.15) is 11.1 Å². The van der Waals surface area contributed by atoms with Gasteiger partial charge in [-0.15, -0.1) is 0 Å². The van der Waals surface area contributed by atoms with Crippen molar-refractivity contribution in [3.63, 3.8) is 0 Å². The van der Waals surface area contributed by atoms with Gasteiger partial charge in [0.2, 0.25) is 11.8 Å². The maximum absolute atomic E-state index is 12.4. The zero-order valence-electron chi connectivity index (χ0n) is 18.6. The normalized spacial score (nSPS) is 18.8. The first-order chi connectivity index (χ1) is 14.8. The van der Waals surface area contributed by atoms with Gasteiger partial charge in [0.25, 0.3) is 0 Å². The largest absolute Gasteiger partial charge is 0.338 e. The second-order valence-corrected chi connectivity index (χ2v) is 9.02. The molecule has 2 saturated carbocycles. The molecule has 0 aliphatic heterocycles.